The zero-order valence-electron chi connectivity index (χ0n) is 11.5. The fraction of sp³-hybridized carbons (Fsp3) is 0.286. The quantitative estimate of drug-likeness (QED) is 0.925. The number of ether oxygens (including phenoxy) is 1. The molecule has 1 aromatic heterocycles. The summed E-state index contributed by atoms with van der Waals surface area (Å²) in [5.74, 6) is 0.358. The first-order chi connectivity index (χ1) is 9.52. The second-order valence-corrected chi connectivity index (χ2v) is 4.65. The Bertz CT molecular complexity index is 634. The van der Waals surface area contributed by atoms with Gasteiger partial charge in [0.1, 0.15) is 0 Å². The summed E-state index contributed by atoms with van der Waals surface area (Å²) in [4.78, 5) is 0. The number of rotatable bonds is 4. The van der Waals surface area contributed by atoms with Crippen LogP contribution in [0.1, 0.15) is 18.1 Å². The maximum absolute atomic E-state index is 13.8. The Morgan fingerprint density at radius 3 is 2.65 bits per heavy atom. The Morgan fingerprint density at radius 2 is 2.00 bits per heavy atom. The van der Waals surface area contributed by atoms with Gasteiger partial charge in [-0.3, -0.25) is 0 Å². The Morgan fingerprint density at radius 1 is 1.25 bits per heavy atom. The molecule has 0 unspecified atom stereocenters. The Balaban J connectivity index is 2.27. The molecule has 1 heterocycles. The number of anilines is 2. The SMILES string of the molecule is CCOc1ccc(Nc2nnc(Cl)c(C)c2C)cc1F. The van der Waals surface area contributed by atoms with Gasteiger partial charge in [0.15, 0.2) is 22.5 Å². The van der Waals surface area contributed by atoms with E-state index in [4.69, 9.17) is 16.3 Å². The summed E-state index contributed by atoms with van der Waals surface area (Å²) in [6.07, 6.45) is 0. The molecule has 0 spiro atoms. The van der Waals surface area contributed by atoms with Crippen LogP contribution in [0.5, 0.6) is 5.75 Å². The van der Waals surface area contributed by atoms with Gasteiger partial charge >= 0.3 is 0 Å². The van der Waals surface area contributed by atoms with E-state index in [9.17, 15) is 4.39 Å². The van der Waals surface area contributed by atoms with E-state index in [1.807, 2.05) is 13.8 Å². The fourth-order valence-corrected chi connectivity index (χ4v) is 1.86. The van der Waals surface area contributed by atoms with Crippen LogP contribution in [-0.4, -0.2) is 16.8 Å². The molecular weight excluding hydrogens is 281 g/mol. The molecule has 0 amide bonds. The lowest BCUT2D eigenvalue weighted by atomic mass is 10.2. The van der Waals surface area contributed by atoms with Gasteiger partial charge in [-0.05, 0) is 44.0 Å². The number of nitrogens with one attached hydrogen (secondary N) is 1. The van der Waals surface area contributed by atoms with Crippen LogP contribution in [0.25, 0.3) is 0 Å². The third-order valence-electron chi connectivity index (χ3n) is 2.96. The molecule has 0 aliphatic heterocycles. The molecule has 2 aromatic rings. The Kier molecular flexibility index (Phi) is 4.39. The van der Waals surface area contributed by atoms with Crippen molar-refractivity contribution in [2.24, 2.45) is 0 Å². The van der Waals surface area contributed by atoms with Crippen molar-refractivity contribution in [3.8, 4) is 5.75 Å². The molecule has 1 aromatic carbocycles. The molecule has 0 radical (unpaired) electrons. The molecule has 0 aliphatic carbocycles. The zero-order chi connectivity index (χ0) is 14.7. The molecule has 6 heteroatoms. The summed E-state index contributed by atoms with van der Waals surface area (Å²) in [5, 5.41) is 11.2. The van der Waals surface area contributed by atoms with Crippen molar-refractivity contribution in [2.75, 3.05) is 11.9 Å². The van der Waals surface area contributed by atoms with E-state index in [1.165, 1.54) is 6.07 Å². The van der Waals surface area contributed by atoms with E-state index in [-0.39, 0.29) is 5.75 Å². The van der Waals surface area contributed by atoms with Gasteiger partial charge in [-0.1, -0.05) is 11.6 Å². The molecule has 0 fully saturated rings. The molecule has 0 atom stereocenters. The predicted molar refractivity (Wildman–Crippen MR) is 77.4 cm³/mol. The minimum atomic E-state index is -0.423. The number of benzene rings is 1. The molecule has 0 bridgehead atoms. The van der Waals surface area contributed by atoms with Crippen molar-refractivity contribution in [3.63, 3.8) is 0 Å². The zero-order valence-corrected chi connectivity index (χ0v) is 12.3. The number of hydrogen-bond donors (Lipinski definition) is 1. The van der Waals surface area contributed by atoms with E-state index < -0.39 is 5.82 Å². The van der Waals surface area contributed by atoms with Crippen LogP contribution in [0.4, 0.5) is 15.9 Å². The van der Waals surface area contributed by atoms with Crippen LogP contribution in [-0.2, 0) is 0 Å². The summed E-state index contributed by atoms with van der Waals surface area (Å²) in [7, 11) is 0. The van der Waals surface area contributed by atoms with Crippen LogP contribution >= 0.6 is 11.6 Å². The topological polar surface area (TPSA) is 47.0 Å². The first-order valence-electron chi connectivity index (χ1n) is 6.21. The van der Waals surface area contributed by atoms with Crippen LogP contribution in [0.15, 0.2) is 18.2 Å². The van der Waals surface area contributed by atoms with Crippen molar-refractivity contribution >= 4 is 23.1 Å². The minimum absolute atomic E-state index is 0.230. The molecule has 0 saturated carbocycles. The maximum Gasteiger partial charge on any atom is 0.167 e. The number of nitrogens with zero attached hydrogens (tertiary/aromatic N) is 2. The first-order valence-corrected chi connectivity index (χ1v) is 6.59. The Labute approximate surface area is 121 Å². The van der Waals surface area contributed by atoms with Crippen molar-refractivity contribution in [2.45, 2.75) is 20.8 Å². The van der Waals surface area contributed by atoms with E-state index in [0.29, 0.717) is 23.3 Å². The molecular formula is C14H15ClFN3O. The summed E-state index contributed by atoms with van der Waals surface area (Å²) < 4.78 is 18.9. The largest absolute Gasteiger partial charge is 0.491 e. The molecule has 20 heavy (non-hydrogen) atoms. The number of hydrogen-bond acceptors (Lipinski definition) is 4. The van der Waals surface area contributed by atoms with E-state index >= 15 is 0 Å². The van der Waals surface area contributed by atoms with Crippen LogP contribution in [0, 0.1) is 19.7 Å². The van der Waals surface area contributed by atoms with Gasteiger partial charge in [-0.15, -0.1) is 10.2 Å². The third-order valence-corrected chi connectivity index (χ3v) is 3.32. The number of aromatic nitrogens is 2. The molecule has 0 aliphatic rings. The van der Waals surface area contributed by atoms with Crippen LogP contribution < -0.4 is 10.1 Å². The minimum Gasteiger partial charge on any atom is -0.491 e. The monoisotopic (exact) mass is 295 g/mol. The summed E-state index contributed by atoms with van der Waals surface area (Å²) in [6.45, 7) is 5.96. The predicted octanol–water partition coefficient (Wildman–Crippen LogP) is 4.03. The maximum atomic E-state index is 13.8. The Hall–Kier alpha value is -1.88. The summed E-state index contributed by atoms with van der Waals surface area (Å²) >= 11 is 5.89. The standard InChI is InChI=1S/C14H15ClFN3O/c1-4-20-12-6-5-10(7-11(12)16)17-14-9(3)8(2)13(15)18-19-14/h5-7H,4H2,1-3H3,(H,17,19). The second kappa shape index (κ2) is 6.05. The van der Waals surface area contributed by atoms with Gasteiger partial charge in [-0.25, -0.2) is 4.39 Å². The molecule has 106 valence electrons. The van der Waals surface area contributed by atoms with Crippen molar-refractivity contribution in [1.29, 1.82) is 0 Å². The number of halogens is 2. The van der Waals surface area contributed by atoms with Gasteiger partial charge in [0, 0.05) is 11.8 Å². The van der Waals surface area contributed by atoms with Crippen molar-refractivity contribution in [1.82, 2.24) is 10.2 Å². The van der Waals surface area contributed by atoms with Gasteiger partial charge in [0.05, 0.1) is 6.61 Å². The van der Waals surface area contributed by atoms with Gasteiger partial charge in [0.25, 0.3) is 0 Å². The molecule has 1 N–H and O–H groups in total. The van der Waals surface area contributed by atoms with Gasteiger partial charge in [0.2, 0.25) is 0 Å². The highest BCUT2D eigenvalue weighted by Gasteiger charge is 2.10. The van der Waals surface area contributed by atoms with Gasteiger partial charge in [-0.2, -0.15) is 0 Å². The van der Waals surface area contributed by atoms with Crippen molar-refractivity contribution in [3.05, 3.63) is 40.3 Å². The van der Waals surface area contributed by atoms with Crippen molar-refractivity contribution < 1.29 is 9.13 Å². The van der Waals surface area contributed by atoms with E-state index in [2.05, 4.69) is 15.5 Å². The summed E-state index contributed by atoms with van der Waals surface area (Å²) in [6, 6.07) is 4.65. The average molecular weight is 296 g/mol. The fourth-order valence-electron chi connectivity index (χ4n) is 1.68. The highest BCUT2D eigenvalue weighted by atomic mass is 35.5. The summed E-state index contributed by atoms with van der Waals surface area (Å²) in [5.41, 5.74) is 2.29. The average Bonchev–Trinajstić information content (AvgIpc) is 2.43. The highest BCUT2D eigenvalue weighted by molar-refractivity contribution is 6.30. The molecule has 4 nitrogen and oxygen atoms in total. The first kappa shape index (κ1) is 14.5. The second-order valence-electron chi connectivity index (χ2n) is 4.29. The highest BCUT2D eigenvalue weighted by Crippen LogP contribution is 2.26. The normalized spacial score (nSPS) is 10.4. The third kappa shape index (κ3) is 2.99. The molecule has 2 rings (SSSR count). The lowest BCUT2D eigenvalue weighted by Crippen LogP contribution is -2.02. The van der Waals surface area contributed by atoms with E-state index in [0.717, 1.165) is 11.1 Å². The van der Waals surface area contributed by atoms with E-state index in [1.54, 1.807) is 19.1 Å². The lowest BCUT2D eigenvalue weighted by molar-refractivity contribution is 0.321. The van der Waals surface area contributed by atoms with Crippen LogP contribution in [0.2, 0.25) is 5.15 Å². The smallest absolute Gasteiger partial charge is 0.167 e. The van der Waals surface area contributed by atoms with Gasteiger partial charge < -0.3 is 10.1 Å². The lowest BCUT2D eigenvalue weighted by Gasteiger charge is -2.11. The molecule has 0 saturated heterocycles. The van der Waals surface area contributed by atoms with Crippen LogP contribution in [0.3, 0.4) is 0 Å².